The van der Waals surface area contributed by atoms with Crippen LogP contribution in [0.5, 0.6) is 5.75 Å². The highest BCUT2D eigenvalue weighted by molar-refractivity contribution is 8.12. The van der Waals surface area contributed by atoms with Crippen molar-refractivity contribution in [2.24, 2.45) is 0 Å². The fourth-order valence-electron chi connectivity index (χ4n) is 3.55. The van der Waals surface area contributed by atoms with Gasteiger partial charge in [-0.15, -0.1) is 0 Å². The molecule has 0 saturated carbocycles. The molecule has 0 saturated heterocycles. The van der Waals surface area contributed by atoms with Gasteiger partial charge in [-0.2, -0.15) is 0 Å². The zero-order valence-electron chi connectivity index (χ0n) is 16.4. The molecule has 0 aliphatic carbocycles. The standard InChI is InChI=1S/C26H25OPS/c29-28(20-18-22-10-3-1-4-11-22,21-19-23-12-5-2-6-13-23)27-26-17-9-15-24-14-7-8-16-25(24)26/h1-17H,18-21H2. The lowest BCUT2D eigenvalue weighted by Gasteiger charge is -2.25. The van der Waals surface area contributed by atoms with Gasteiger partial charge in [-0.3, -0.25) is 0 Å². The number of rotatable bonds is 8. The Morgan fingerprint density at radius 2 is 1.10 bits per heavy atom. The van der Waals surface area contributed by atoms with E-state index >= 15 is 0 Å². The Balaban J connectivity index is 1.58. The highest BCUT2D eigenvalue weighted by Gasteiger charge is 2.21. The smallest absolute Gasteiger partial charge is 0.132 e. The second-order valence-corrected chi connectivity index (χ2v) is 12.0. The van der Waals surface area contributed by atoms with Gasteiger partial charge in [-0.1, -0.05) is 109 Å². The Labute approximate surface area is 178 Å². The summed E-state index contributed by atoms with van der Waals surface area (Å²) in [6, 6.07) is 35.8. The van der Waals surface area contributed by atoms with Crippen molar-refractivity contribution in [1.29, 1.82) is 0 Å². The van der Waals surface area contributed by atoms with E-state index in [1.54, 1.807) is 0 Å². The lowest BCUT2D eigenvalue weighted by Crippen LogP contribution is -2.07. The molecule has 0 bridgehead atoms. The summed E-state index contributed by atoms with van der Waals surface area (Å²) < 4.78 is 6.68. The highest BCUT2D eigenvalue weighted by Crippen LogP contribution is 2.49. The van der Waals surface area contributed by atoms with Crippen LogP contribution in [0.25, 0.3) is 10.8 Å². The zero-order valence-corrected chi connectivity index (χ0v) is 18.1. The van der Waals surface area contributed by atoms with Crippen molar-refractivity contribution in [3.63, 3.8) is 0 Å². The van der Waals surface area contributed by atoms with E-state index in [1.807, 2.05) is 0 Å². The van der Waals surface area contributed by atoms with Gasteiger partial charge in [0.05, 0.1) is 0 Å². The third-order valence-electron chi connectivity index (χ3n) is 5.18. The molecule has 0 radical (unpaired) electrons. The van der Waals surface area contributed by atoms with Gasteiger partial charge in [-0.25, -0.2) is 0 Å². The van der Waals surface area contributed by atoms with E-state index in [4.69, 9.17) is 16.3 Å². The quantitative estimate of drug-likeness (QED) is 0.283. The normalized spacial score (nSPS) is 11.4. The second kappa shape index (κ2) is 9.39. The molecule has 0 amide bonds. The third-order valence-corrected chi connectivity index (χ3v) is 8.84. The monoisotopic (exact) mass is 416 g/mol. The van der Waals surface area contributed by atoms with Crippen LogP contribution in [0.15, 0.2) is 103 Å². The van der Waals surface area contributed by atoms with Crippen LogP contribution in [0.3, 0.4) is 0 Å². The van der Waals surface area contributed by atoms with Gasteiger partial charge in [0.25, 0.3) is 0 Å². The number of benzene rings is 4. The summed E-state index contributed by atoms with van der Waals surface area (Å²) in [6.45, 7) is 0. The van der Waals surface area contributed by atoms with Crippen LogP contribution in [-0.4, -0.2) is 12.3 Å². The molecule has 3 heteroatoms. The Kier molecular flexibility index (Phi) is 6.44. The van der Waals surface area contributed by atoms with Crippen LogP contribution in [-0.2, 0) is 24.6 Å². The molecule has 4 aromatic rings. The SMILES string of the molecule is S=P(CCc1ccccc1)(CCc1ccccc1)Oc1cccc2ccccc12. The lowest BCUT2D eigenvalue weighted by molar-refractivity contribution is 0.614. The van der Waals surface area contributed by atoms with Gasteiger partial charge in [0.15, 0.2) is 0 Å². The van der Waals surface area contributed by atoms with Crippen molar-refractivity contribution in [1.82, 2.24) is 0 Å². The van der Waals surface area contributed by atoms with E-state index in [9.17, 15) is 0 Å². The summed E-state index contributed by atoms with van der Waals surface area (Å²) in [5, 5.41) is 2.33. The first kappa shape index (κ1) is 19.9. The summed E-state index contributed by atoms with van der Waals surface area (Å²) in [5.41, 5.74) is 2.64. The van der Waals surface area contributed by atoms with E-state index in [-0.39, 0.29) is 0 Å². The predicted octanol–water partition coefficient (Wildman–Crippen LogP) is 7.10. The first-order valence-corrected chi connectivity index (χ1v) is 13.1. The molecular weight excluding hydrogens is 391 g/mol. The minimum Gasteiger partial charge on any atom is -0.466 e. The fourth-order valence-corrected chi connectivity index (χ4v) is 6.46. The van der Waals surface area contributed by atoms with E-state index in [0.29, 0.717) is 0 Å². The molecule has 0 heterocycles. The number of fused-ring (bicyclic) bond motifs is 1. The molecule has 1 nitrogen and oxygen atoms in total. The minimum atomic E-state index is -2.04. The van der Waals surface area contributed by atoms with Gasteiger partial charge in [0.1, 0.15) is 12.0 Å². The molecule has 4 aromatic carbocycles. The summed E-state index contributed by atoms with van der Waals surface area (Å²) in [4.78, 5) is 0. The van der Waals surface area contributed by atoms with Gasteiger partial charge in [0.2, 0.25) is 0 Å². The molecule has 0 fully saturated rings. The largest absolute Gasteiger partial charge is 0.466 e. The summed E-state index contributed by atoms with van der Waals surface area (Å²) in [7, 11) is 0. The maximum Gasteiger partial charge on any atom is 0.132 e. The topological polar surface area (TPSA) is 9.23 Å². The van der Waals surface area contributed by atoms with Crippen LogP contribution in [0.1, 0.15) is 11.1 Å². The van der Waals surface area contributed by atoms with Crippen molar-refractivity contribution in [3.05, 3.63) is 114 Å². The van der Waals surface area contributed by atoms with E-state index in [0.717, 1.165) is 36.3 Å². The summed E-state index contributed by atoms with van der Waals surface area (Å²) in [6.07, 6.45) is 1.68. The first-order chi connectivity index (χ1) is 14.2. The van der Waals surface area contributed by atoms with Crippen molar-refractivity contribution in [3.8, 4) is 5.75 Å². The molecule has 0 aromatic heterocycles. The van der Waals surface area contributed by atoms with Crippen molar-refractivity contribution in [2.45, 2.75) is 12.8 Å². The van der Waals surface area contributed by atoms with Crippen LogP contribution in [0.4, 0.5) is 0 Å². The Hall–Kier alpha value is -2.41. The number of hydrogen-bond donors (Lipinski definition) is 0. The molecule has 0 unspecified atom stereocenters. The fraction of sp³-hybridized carbons (Fsp3) is 0.154. The molecule has 0 spiro atoms. The van der Waals surface area contributed by atoms with Gasteiger partial charge in [0, 0.05) is 17.7 Å². The van der Waals surface area contributed by atoms with Crippen molar-refractivity contribution >= 4 is 28.8 Å². The lowest BCUT2D eigenvalue weighted by atomic mass is 10.1. The first-order valence-electron chi connectivity index (χ1n) is 10.1. The molecule has 29 heavy (non-hydrogen) atoms. The number of hydrogen-bond acceptors (Lipinski definition) is 2. The molecule has 4 rings (SSSR count). The molecule has 146 valence electrons. The van der Waals surface area contributed by atoms with Crippen LogP contribution in [0, 0.1) is 0 Å². The molecule has 0 aliphatic rings. The second-order valence-electron chi connectivity index (χ2n) is 7.30. The molecule has 0 atom stereocenters. The maximum atomic E-state index is 6.68. The highest BCUT2D eigenvalue weighted by atomic mass is 32.4. The van der Waals surface area contributed by atoms with Gasteiger partial charge >= 0.3 is 0 Å². The van der Waals surface area contributed by atoms with E-state index < -0.39 is 6.26 Å². The molecule has 0 aliphatic heterocycles. The number of aryl methyl sites for hydroxylation is 2. The predicted molar refractivity (Wildman–Crippen MR) is 129 cm³/mol. The minimum absolute atomic E-state index is 0.905. The van der Waals surface area contributed by atoms with E-state index in [1.165, 1.54) is 16.5 Å². The maximum absolute atomic E-state index is 6.68. The van der Waals surface area contributed by atoms with Gasteiger partial charge < -0.3 is 4.52 Å². The third kappa shape index (κ3) is 5.35. The van der Waals surface area contributed by atoms with Crippen LogP contribution in [0.2, 0.25) is 0 Å². The summed E-state index contributed by atoms with van der Waals surface area (Å²) >= 11 is 6.23. The van der Waals surface area contributed by atoms with Crippen LogP contribution >= 0.6 is 6.26 Å². The Morgan fingerprint density at radius 1 is 0.586 bits per heavy atom. The van der Waals surface area contributed by atoms with Crippen molar-refractivity contribution < 1.29 is 4.52 Å². The van der Waals surface area contributed by atoms with Crippen molar-refractivity contribution in [2.75, 3.05) is 12.3 Å². The van der Waals surface area contributed by atoms with Gasteiger partial charge in [-0.05, 0) is 35.4 Å². The summed E-state index contributed by atoms with van der Waals surface area (Å²) in [5.74, 6) is 0.924. The Bertz CT molecular complexity index is 1060. The molecule has 0 N–H and O–H groups in total. The molecular formula is C26H25OPS. The average Bonchev–Trinajstić information content (AvgIpc) is 2.78. The van der Waals surface area contributed by atoms with E-state index in [2.05, 4.69) is 103 Å². The zero-order chi connectivity index (χ0) is 19.9. The van der Waals surface area contributed by atoms with Crippen LogP contribution < -0.4 is 4.52 Å². The Morgan fingerprint density at radius 3 is 1.72 bits per heavy atom. The average molecular weight is 417 g/mol.